The summed E-state index contributed by atoms with van der Waals surface area (Å²) in [4.78, 5) is 24.2. The maximum atomic E-state index is 12.9. The van der Waals surface area contributed by atoms with Crippen molar-refractivity contribution in [2.45, 2.75) is 51.9 Å². The third kappa shape index (κ3) is 7.37. The van der Waals surface area contributed by atoms with E-state index in [-0.39, 0.29) is 28.8 Å². The molecule has 0 bridgehead atoms. The summed E-state index contributed by atoms with van der Waals surface area (Å²) in [7, 11) is -3.85. The number of unbranched alkanes of at least 4 members (excludes halogenated alkanes) is 1. The molecule has 0 radical (unpaired) electrons. The zero-order valence-electron chi connectivity index (χ0n) is 19.2. The van der Waals surface area contributed by atoms with Crippen molar-refractivity contribution in [3.63, 3.8) is 0 Å². The van der Waals surface area contributed by atoms with E-state index < -0.39 is 15.9 Å². The number of anilines is 1. The van der Waals surface area contributed by atoms with Crippen molar-refractivity contribution < 1.29 is 18.0 Å². The van der Waals surface area contributed by atoms with Gasteiger partial charge in [-0.25, -0.2) is 8.42 Å². The van der Waals surface area contributed by atoms with E-state index in [1.54, 1.807) is 39.0 Å². The zero-order chi connectivity index (χ0) is 23.7. The number of rotatable bonds is 11. The van der Waals surface area contributed by atoms with Crippen molar-refractivity contribution in [1.29, 1.82) is 0 Å². The highest BCUT2D eigenvalue weighted by atomic mass is 32.2. The second-order valence-corrected chi connectivity index (χ2v) is 9.77. The Morgan fingerprint density at radius 1 is 0.969 bits per heavy atom. The SMILES string of the molecule is CCCCc1ccc(NS(=O)(=O)c2ccc(C)c(C(=O)NCCNC(=O)C(C)C)c2)cc1. The summed E-state index contributed by atoms with van der Waals surface area (Å²) in [6, 6.07) is 11.8. The van der Waals surface area contributed by atoms with E-state index in [0.29, 0.717) is 17.8 Å². The van der Waals surface area contributed by atoms with Crippen LogP contribution in [0.25, 0.3) is 0 Å². The first kappa shape index (κ1) is 25.4. The summed E-state index contributed by atoms with van der Waals surface area (Å²) in [6.07, 6.45) is 3.15. The molecule has 0 fully saturated rings. The van der Waals surface area contributed by atoms with E-state index in [2.05, 4.69) is 22.3 Å². The van der Waals surface area contributed by atoms with E-state index in [4.69, 9.17) is 0 Å². The van der Waals surface area contributed by atoms with Gasteiger partial charge in [-0.15, -0.1) is 0 Å². The first-order valence-corrected chi connectivity index (χ1v) is 12.4. The van der Waals surface area contributed by atoms with Crippen LogP contribution in [0.1, 0.15) is 55.1 Å². The van der Waals surface area contributed by atoms with Gasteiger partial charge in [-0.3, -0.25) is 14.3 Å². The van der Waals surface area contributed by atoms with Crippen LogP contribution in [0.5, 0.6) is 0 Å². The molecule has 0 unspecified atom stereocenters. The molecule has 0 saturated heterocycles. The van der Waals surface area contributed by atoms with Crippen LogP contribution in [0.2, 0.25) is 0 Å². The highest BCUT2D eigenvalue weighted by Crippen LogP contribution is 2.20. The number of carbonyl (C=O) groups is 2. The number of sulfonamides is 1. The van der Waals surface area contributed by atoms with Crippen LogP contribution in [0.4, 0.5) is 5.69 Å². The monoisotopic (exact) mass is 459 g/mol. The van der Waals surface area contributed by atoms with Gasteiger partial charge in [0.05, 0.1) is 4.90 Å². The predicted molar refractivity (Wildman–Crippen MR) is 127 cm³/mol. The van der Waals surface area contributed by atoms with Gasteiger partial charge < -0.3 is 10.6 Å². The van der Waals surface area contributed by atoms with E-state index in [1.807, 2.05) is 12.1 Å². The fourth-order valence-corrected chi connectivity index (χ4v) is 4.09. The van der Waals surface area contributed by atoms with Crippen molar-refractivity contribution in [3.05, 3.63) is 59.2 Å². The summed E-state index contributed by atoms with van der Waals surface area (Å²) in [6.45, 7) is 8.00. The molecule has 32 heavy (non-hydrogen) atoms. The average Bonchev–Trinajstić information content (AvgIpc) is 2.75. The largest absolute Gasteiger partial charge is 0.354 e. The number of hydrogen-bond donors (Lipinski definition) is 3. The first-order valence-electron chi connectivity index (χ1n) is 10.9. The lowest BCUT2D eigenvalue weighted by molar-refractivity contribution is -0.123. The Morgan fingerprint density at radius 2 is 1.62 bits per heavy atom. The molecule has 0 aliphatic carbocycles. The highest BCUT2D eigenvalue weighted by molar-refractivity contribution is 7.92. The Kier molecular flexibility index (Phi) is 9.26. The minimum Gasteiger partial charge on any atom is -0.354 e. The molecule has 0 saturated carbocycles. The molecule has 3 N–H and O–H groups in total. The van der Waals surface area contributed by atoms with Gasteiger partial charge in [-0.1, -0.05) is 45.4 Å². The van der Waals surface area contributed by atoms with Crippen LogP contribution in [0.3, 0.4) is 0 Å². The maximum Gasteiger partial charge on any atom is 0.261 e. The Labute approximate surface area is 191 Å². The Bertz CT molecular complexity index is 1030. The Morgan fingerprint density at radius 3 is 2.25 bits per heavy atom. The van der Waals surface area contributed by atoms with Crippen LogP contribution in [-0.4, -0.2) is 33.3 Å². The number of aryl methyl sites for hydroxylation is 2. The van der Waals surface area contributed by atoms with Gasteiger partial charge >= 0.3 is 0 Å². The van der Waals surface area contributed by atoms with Crippen LogP contribution >= 0.6 is 0 Å². The summed E-state index contributed by atoms with van der Waals surface area (Å²) in [5, 5.41) is 5.44. The second kappa shape index (κ2) is 11.7. The molecule has 0 heterocycles. The van der Waals surface area contributed by atoms with Gasteiger partial charge in [0.25, 0.3) is 15.9 Å². The number of hydrogen-bond acceptors (Lipinski definition) is 4. The lowest BCUT2D eigenvalue weighted by Crippen LogP contribution is -2.36. The standard InChI is InChI=1S/C24H33N3O4S/c1-5-6-7-19-9-11-20(12-10-19)27-32(30,31)21-13-8-18(4)22(16-21)24(29)26-15-14-25-23(28)17(2)3/h8-13,16-17,27H,5-7,14-15H2,1-4H3,(H,25,28)(H,26,29). The van der Waals surface area contributed by atoms with Gasteiger partial charge in [0.15, 0.2) is 0 Å². The number of nitrogens with one attached hydrogen (secondary N) is 3. The van der Waals surface area contributed by atoms with Crippen molar-refractivity contribution >= 4 is 27.5 Å². The van der Waals surface area contributed by atoms with E-state index in [9.17, 15) is 18.0 Å². The molecule has 7 nitrogen and oxygen atoms in total. The van der Waals surface area contributed by atoms with Crippen LogP contribution in [0, 0.1) is 12.8 Å². The van der Waals surface area contributed by atoms with Crippen LogP contribution in [-0.2, 0) is 21.2 Å². The first-order chi connectivity index (χ1) is 15.1. The molecular weight excluding hydrogens is 426 g/mol. The highest BCUT2D eigenvalue weighted by Gasteiger charge is 2.18. The molecule has 2 amide bonds. The number of carbonyl (C=O) groups excluding carboxylic acids is 2. The van der Waals surface area contributed by atoms with Crippen molar-refractivity contribution in [1.82, 2.24) is 10.6 Å². The van der Waals surface area contributed by atoms with Gasteiger partial charge in [0, 0.05) is 30.3 Å². The van der Waals surface area contributed by atoms with E-state index in [0.717, 1.165) is 24.8 Å². The quantitative estimate of drug-likeness (QED) is 0.446. The minimum absolute atomic E-state index is 0.0106. The second-order valence-electron chi connectivity index (χ2n) is 8.08. The molecule has 2 aromatic rings. The summed E-state index contributed by atoms with van der Waals surface area (Å²) in [5.41, 5.74) is 2.57. The molecule has 2 rings (SSSR count). The summed E-state index contributed by atoms with van der Waals surface area (Å²) < 4.78 is 28.3. The van der Waals surface area contributed by atoms with Gasteiger partial charge in [0.2, 0.25) is 5.91 Å². The van der Waals surface area contributed by atoms with Crippen LogP contribution < -0.4 is 15.4 Å². The Balaban J connectivity index is 2.06. The van der Waals surface area contributed by atoms with Crippen molar-refractivity contribution in [2.24, 2.45) is 5.92 Å². The Hall–Kier alpha value is -2.87. The smallest absolute Gasteiger partial charge is 0.261 e. The van der Waals surface area contributed by atoms with Gasteiger partial charge in [0.1, 0.15) is 0 Å². The molecule has 0 spiro atoms. The lowest BCUT2D eigenvalue weighted by atomic mass is 10.1. The van der Waals surface area contributed by atoms with Crippen LogP contribution in [0.15, 0.2) is 47.4 Å². The summed E-state index contributed by atoms with van der Waals surface area (Å²) in [5.74, 6) is -0.610. The fourth-order valence-electron chi connectivity index (χ4n) is 3.01. The predicted octanol–water partition coefficient (Wildman–Crippen LogP) is 3.64. The third-order valence-corrected chi connectivity index (χ3v) is 6.40. The fraction of sp³-hybridized carbons (Fsp3) is 0.417. The molecule has 8 heteroatoms. The van der Waals surface area contributed by atoms with Crippen molar-refractivity contribution in [3.8, 4) is 0 Å². The minimum atomic E-state index is -3.85. The third-order valence-electron chi connectivity index (χ3n) is 5.02. The molecule has 0 aliphatic rings. The van der Waals surface area contributed by atoms with Gasteiger partial charge in [-0.2, -0.15) is 0 Å². The van der Waals surface area contributed by atoms with Crippen molar-refractivity contribution in [2.75, 3.05) is 17.8 Å². The number of benzene rings is 2. The van der Waals surface area contributed by atoms with E-state index in [1.165, 1.54) is 12.1 Å². The number of amides is 2. The molecule has 0 atom stereocenters. The van der Waals surface area contributed by atoms with E-state index >= 15 is 0 Å². The molecule has 0 aliphatic heterocycles. The molecular formula is C24H33N3O4S. The zero-order valence-corrected chi connectivity index (χ0v) is 20.0. The topological polar surface area (TPSA) is 104 Å². The molecule has 0 aromatic heterocycles. The normalized spacial score (nSPS) is 11.3. The molecule has 174 valence electrons. The maximum absolute atomic E-state index is 12.9. The average molecular weight is 460 g/mol. The lowest BCUT2D eigenvalue weighted by Gasteiger charge is -2.13. The summed E-state index contributed by atoms with van der Waals surface area (Å²) >= 11 is 0. The molecule has 2 aromatic carbocycles. The van der Waals surface area contributed by atoms with Gasteiger partial charge in [-0.05, 0) is 55.2 Å².